The van der Waals surface area contributed by atoms with Crippen LogP contribution in [0.4, 0.5) is 0 Å². The van der Waals surface area contributed by atoms with Gasteiger partial charge in [-0.25, -0.2) is 0 Å². The minimum Gasteiger partial charge on any atom is -0.299 e. The summed E-state index contributed by atoms with van der Waals surface area (Å²) in [5, 5.41) is 0. The monoisotopic (exact) mass is 150 g/mol. The molecule has 2 aliphatic rings. The molecule has 0 aliphatic heterocycles. The number of hydrogen-bond donors (Lipinski definition) is 0. The zero-order chi connectivity index (χ0) is 7.90. The first-order valence-corrected chi connectivity index (χ1v) is 4.46. The zero-order valence-electron chi connectivity index (χ0n) is 7.02. The number of ketones is 1. The van der Waals surface area contributed by atoms with Crippen LogP contribution in [0.2, 0.25) is 0 Å². The highest BCUT2D eigenvalue weighted by Crippen LogP contribution is 2.46. The van der Waals surface area contributed by atoms with Crippen LogP contribution in [-0.4, -0.2) is 5.78 Å². The van der Waals surface area contributed by atoms with Crippen LogP contribution in [0.5, 0.6) is 0 Å². The second kappa shape index (κ2) is 2.20. The molecule has 0 amide bonds. The summed E-state index contributed by atoms with van der Waals surface area (Å²) in [6.45, 7) is 2.12. The maximum absolute atomic E-state index is 11.5. The average molecular weight is 150 g/mol. The molecule has 2 aliphatic carbocycles. The molecule has 0 N–H and O–H groups in total. The van der Waals surface area contributed by atoms with Crippen LogP contribution in [0.25, 0.3) is 0 Å². The second-order valence-corrected chi connectivity index (χ2v) is 3.88. The van der Waals surface area contributed by atoms with Crippen molar-refractivity contribution in [1.82, 2.24) is 0 Å². The summed E-state index contributed by atoms with van der Waals surface area (Å²) in [4.78, 5) is 11.5. The molecule has 1 unspecified atom stereocenters. The van der Waals surface area contributed by atoms with Crippen LogP contribution < -0.4 is 0 Å². The quantitative estimate of drug-likeness (QED) is 0.485. The van der Waals surface area contributed by atoms with E-state index in [-0.39, 0.29) is 5.41 Å². The summed E-state index contributed by atoms with van der Waals surface area (Å²) >= 11 is 0. The smallest absolute Gasteiger partial charge is 0.143 e. The summed E-state index contributed by atoms with van der Waals surface area (Å²) in [5.74, 6) is 0.475. The molecular formula is C10H14O. The lowest BCUT2D eigenvalue weighted by Gasteiger charge is -2.27. The van der Waals surface area contributed by atoms with E-state index >= 15 is 0 Å². The topological polar surface area (TPSA) is 17.1 Å². The van der Waals surface area contributed by atoms with Crippen molar-refractivity contribution in [2.24, 2.45) is 5.41 Å². The van der Waals surface area contributed by atoms with E-state index in [0.29, 0.717) is 5.78 Å². The van der Waals surface area contributed by atoms with Gasteiger partial charge in [0.15, 0.2) is 0 Å². The molecule has 1 saturated carbocycles. The number of carbonyl (C=O) groups is 1. The van der Waals surface area contributed by atoms with Crippen LogP contribution in [0, 0.1) is 5.41 Å². The van der Waals surface area contributed by atoms with Crippen molar-refractivity contribution >= 4 is 5.78 Å². The molecule has 0 bridgehead atoms. The molecule has 60 valence electrons. The molecule has 0 saturated heterocycles. The third kappa shape index (κ3) is 0.867. The fourth-order valence-corrected chi connectivity index (χ4v) is 2.34. The molecule has 0 aromatic carbocycles. The average Bonchev–Trinajstić information content (AvgIpc) is 2.29. The molecular weight excluding hydrogens is 136 g/mol. The van der Waals surface area contributed by atoms with E-state index in [1.165, 1.54) is 18.4 Å². The Labute approximate surface area is 67.5 Å². The Morgan fingerprint density at radius 3 is 3.00 bits per heavy atom. The van der Waals surface area contributed by atoms with Gasteiger partial charge in [0, 0.05) is 11.8 Å². The molecule has 0 aromatic rings. The lowest BCUT2D eigenvalue weighted by atomic mass is 9.75. The maximum atomic E-state index is 11.5. The van der Waals surface area contributed by atoms with Crippen molar-refractivity contribution in [1.29, 1.82) is 0 Å². The molecule has 1 heteroatoms. The van der Waals surface area contributed by atoms with Gasteiger partial charge in [-0.05, 0) is 32.6 Å². The Hall–Kier alpha value is -0.590. The van der Waals surface area contributed by atoms with Crippen LogP contribution in [0.3, 0.4) is 0 Å². The van der Waals surface area contributed by atoms with E-state index in [9.17, 15) is 4.79 Å². The van der Waals surface area contributed by atoms with Gasteiger partial charge >= 0.3 is 0 Å². The number of allylic oxidation sites excluding steroid dienone is 2. The highest BCUT2D eigenvalue weighted by Gasteiger charge is 2.41. The highest BCUT2D eigenvalue weighted by molar-refractivity contribution is 5.91. The standard InChI is InChI=1S/C10H14O/c1-10-7-3-2-4-8(10)5-6-9(10)11/h4H,2-3,5-7H2,1H3. The summed E-state index contributed by atoms with van der Waals surface area (Å²) in [6, 6.07) is 0. The van der Waals surface area contributed by atoms with E-state index in [2.05, 4.69) is 13.0 Å². The van der Waals surface area contributed by atoms with Gasteiger partial charge in [0.1, 0.15) is 5.78 Å². The lowest BCUT2D eigenvalue weighted by molar-refractivity contribution is -0.124. The second-order valence-electron chi connectivity index (χ2n) is 3.88. The van der Waals surface area contributed by atoms with Crippen LogP contribution in [0.15, 0.2) is 11.6 Å². The molecule has 11 heavy (non-hydrogen) atoms. The number of Topliss-reactive ketones (excluding diaryl/α,β-unsaturated/α-hetero) is 1. The highest BCUT2D eigenvalue weighted by atomic mass is 16.1. The predicted molar refractivity (Wildman–Crippen MR) is 44.3 cm³/mol. The normalized spacial score (nSPS) is 36.8. The lowest BCUT2D eigenvalue weighted by Crippen LogP contribution is -2.25. The summed E-state index contributed by atoms with van der Waals surface area (Å²) in [5.41, 5.74) is 1.40. The minimum absolute atomic E-state index is 0.0295. The molecule has 0 spiro atoms. The summed E-state index contributed by atoms with van der Waals surface area (Å²) < 4.78 is 0. The Morgan fingerprint density at radius 1 is 1.45 bits per heavy atom. The van der Waals surface area contributed by atoms with Crippen LogP contribution >= 0.6 is 0 Å². The van der Waals surface area contributed by atoms with Gasteiger partial charge in [0.25, 0.3) is 0 Å². The SMILES string of the molecule is CC12CCCC=C1CCC2=O. The Kier molecular flexibility index (Phi) is 1.41. The zero-order valence-corrected chi connectivity index (χ0v) is 7.02. The molecule has 1 fully saturated rings. The van der Waals surface area contributed by atoms with E-state index in [1.54, 1.807) is 0 Å². The minimum atomic E-state index is -0.0295. The molecule has 1 nitrogen and oxygen atoms in total. The maximum Gasteiger partial charge on any atom is 0.143 e. The van der Waals surface area contributed by atoms with E-state index in [0.717, 1.165) is 19.3 Å². The van der Waals surface area contributed by atoms with Crippen molar-refractivity contribution in [2.75, 3.05) is 0 Å². The van der Waals surface area contributed by atoms with Crippen molar-refractivity contribution in [3.8, 4) is 0 Å². The number of fused-ring (bicyclic) bond motifs is 1. The van der Waals surface area contributed by atoms with Gasteiger partial charge in [0.05, 0.1) is 0 Å². The van der Waals surface area contributed by atoms with Crippen LogP contribution in [-0.2, 0) is 4.79 Å². The van der Waals surface area contributed by atoms with Crippen LogP contribution in [0.1, 0.15) is 39.0 Å². The predicted octanol–water partition coefficient (Wildman–Crippen LogP) is 2.47. The van der Waals surface area contributed by atoms with Gasteiger partial charge in [0.2, 0.25) is 0 Å². The first kappa shape index (κ1) is 7.08. The molecule has 1 atom stereocenters. The fourth-order valence-electron chi connectivity index (χ4n) is 2.34. The number of carbonyl (C=O) groups excluding carboxylic acids is 1. The van der Waals surface area contributed by atoms with Gasteiger partial charge in [-0.15, -0.1) is 0 Å². The van der Waals surface area contributed by atoms with Crippen molar-refractivity contribution in [3.05, 3.63) is 11.6 Å². The summed E-state index contributed by atoms with van der Waals surface area (Å²) in [7, 11) is 0. The van der Waals surface area contributed by atoms with Gasteiger partial charge in [-0.1, -0.05) is 11.6 Å². The largest absolute Gasteiger partial charge is 0.299 e. The van der Waals surface area contributed by atoms with Gasteiger partial charge in [-0.3, -0.25) is 4.79 Å². The third-order valence-corrected chi connectivity index (χ3v) is 3.22. The summed E-state index contributed by atoms with van der Waals surface area (Å²) in [6.07, 6.45) is 7.60. The van der Waals surface area contributed by atoms with Crippen molar-refractivity contribution < 1.29 is 4.79 Å². The van der Waals surface area contributed by atoms with Crippen molar-refractivity contribution in [3.63, 3.8) is 0 Å². The molecule has 2 rings (SSSR count). The molecule has 0 aromatic heterocycles. The van der Waals surface area contributed by atoms with E-state index < -0.39 is 0 Å². The molecule has 0 heterocycles. The first-order chi connectivity index (χ1) is 5.23. The van der Waals surface area contributed by atoms with E-state index in [4.69, 9.17) is 0 Å². The first-order valence-electron chi connectivity index (χ1n) is 4.46. The van der Waals surface area contributed by atoms with Gasteiger partial charge < -0.3 is 0 Å². The van der Waals surface area contributed by atoms with Gasteiger partial charge in [-0.2, -0.15) is 0 Å². The fraction of sp³-hybridized carbons (Fsp3) is 0.700. The molecule has 0 radical (unpaired) electrons. The number of rotatable bonds is 0. The Morgan fingerprint density at radius 2 is 2.27 bits per heavy atom. The Balaban J connectivity index is 2.39. The van der Waals surface area contributed by atoms with E-state index in [1.807, 2.05) is 0 Å². The number of hydrogen-bond acceptors (Lipinski definition) is 1. The Bertz CT molecular complexity index is 227. The third-order valence-electron chi connectivity index (χ3n) is 3.22. The van der Waals surface area contributed by atoms with Crippen molar-refractivity contribution in [2.45, 2.75) is 39.0 Å².